The summed E-state index contributed by atoms with van der Waals surface area (Å²) in [6.07, 6.45) is 1.17. The van der Waals surface area contributed by atoms with Crippen molar-refractivity contribution in [1.29, 1.82) is 0 Å². The van der Waals surface area contributed by atoms with Crippen molar-refractivity contribution in [1.82, 2.24) is 9.80 Å². The van der Waals surface area contributed by atoms with Crippen LogP contribution in [0.15, 0.2) is 48.5 Å². The molecule has 2 heterocycles. The number of likely N-dealkylation sites (N-methyl/N-ethyl adjacent to an activating group) is 1. The first-order chi connectivity index (χ1) is 15.5. The van der Waals surface area contributed by atoms with Crippen LogP contribution < -0.4 is 4.74 Å². The summed E-state index contributed by atoms with van der Waals surface area (Å²) in [4.78, 5) is 41.5. The van der Waals surface area contributed by atoms with Crippen molar-refractivity contribution in [3.05, 3.63) is 59.7 Å². The molecule has 7 heteroatoms. The van der Waals surface area contributed by atoms with Gasteiger partial charge in [0.1, 0.15) is 11.5 Å². The molecule has 7 nitrogen and oxygen atoms in total. The van der Waals surface area contributed by atoms with E-state index in [4.69, 9.17) is 9.47 Å². The monoisotopic (exact) mass is 436 g/mol. The van der Waals surface area contributed by atoms with Crippen molar-refractivity contribution in [3.8, 4) is 11.5 Å². The molecule has 0 aromatic heterocycles. The average molecular weight is 437 g/mol. The van der Waals surface area contributed by atoms with E-state index in [2.05, 4.69) is 0 Å². The van der Waals surface area contributed by atoms with Crippen LogP contribution in [0, 0.1) is 5.92 Å². The van der Waals surface area contributed by atoms with Gasteiger partial charge >= 0.3 is 5.97 Å². The van der Waals surface area contributed by atoms with Crippen molar-refractivity contribution < 1.29 is 23.9 Å². The molecule has 0 saturated carbocycles. The zero-order valence-corrected chi connectivity index (χ0v) is 18.5. The molecule has 4 rings (SSSR count). The molecule has 0 unspecified atom stereocenters. The number of carbonyl (C=O) groups excluding carboxylic acids is 3. The Bertz CT molecular complexity index is 967. The summed E-state index contributed by atoms with van der Waals surface area (Å²) in [6.45, 7) is 3.13. The van der Waals surface area contributed by atoms with E-state index in [0.717, 1.165) is 11.1 Å². The second-order valence-corrected chi connectivity index (χ2v) is 8.21. The standard InChI is InChI=1S/C25H28N2O5/c1-3-31-25(30)17-12-14-27(15-13-17)22(28)16-26(2)24(29)23-18-8-4-6-10-20(18)32-21-11-7-5-9-19(21)23/h4-11,17,23H,3,12-16H2,1-2H3. The number of ether oxygens (including phenoxy) is 2. The fourth-order valence-electron chi connectivity index (χ4n) is 4.40. The van der Waals surface area contributed by atoms with Crippen LogP contribution in [0.2, 0.25) is 0 Å². The fourth-order valence-corrected chi connectivity index (χ4v) is 4.40. The summed E-state index contributed by atoms with van der Waals surface area (Å²) < 4.78 is 11.1. The number of benzene rings is 2. The summed E-state index contributed by atoms with van der Waals surface area (Å²) in [6, 6.07) is 15.0. The highest BCUT2D eigenvalue weighted by atomic mass is 16.5. The van der Waals surface area contributed by atoms with Crippen molar-refractivity contribution in [2.75, 3.05) is 33.3 Å². The summed E-state index contributed by atoms with van der Waals surface area (Å²) in [5.74, 6) is 0.177. The maximum Gasteiger partial charge on any atom is 0.309 e. The van der Waals surface area contributed by atoms with E-state index >= 15 is 0 Å². The Morgan fingerprint density at radius 3 is 2.12 bits per heavy atom. The zero-order valence-electron chi connectivity index (χ0n) is 18.5. The molecule has 2 aliphatic heterocycles. The summed E-state index contributed by atoms with van der Waals surface area (Å²) >= 11 is 0. The van der Waals surface area contributed by atoms with Crippen LogP contribution in [0.3, 0.4) is 0 Å². The van der Waals surface area contributed by atoms with E-state index in [1.165, 1.54) is 4.90 Å². The van der Waals surface area contributed by atoms with Crippen molar-refractivity contribution in [2.45, 2.75) is 25.7 Å². The van der Waals surface area contributed by atoms with Crippen LogP contribution >= 0.6 is 0 Å². The first-order valence-electron chi connectivity index (χ1n) is 11.0. The smallest absolute Gasteiger partial charge is 0.309 e. The molecular weight excluding hydrogens is 408 g/mol. The molecule has 2 aromatic rings. The molecule has 1 saturated heterocycles. The highest BCUT2D eigenvalue weighted by Gasteiger charge is 2.35. The molecule has 32 heavy (non-hydrogen) atoms. The highest BCUT2D eigenvalue weighted by Crippen LogP contribution is 2.44. The number of hydrogen-bond acceptors (Lipinski definition) is 5. The molecule has 2 amide bonds. The molecule has 2 aromatic carbocycles. The first-order valence-corrected chi connectivity index (χ1v) is 11.0. The van der Waals surface area contributed by atoms with Gasteiger partial charge in [0.2, 0.25) is 11.8 Å². The van der Waals surface area contributed by atoms with Crippen LogP contribution in [-0.2, 0) is 19.1 Å². The van der Waals surface area contributed by atoms with E-state index in [1.54, 1.807) is 18.9 Å². The molecule has 0 aliphatic carbocycles. The third-order valence-electron chi connectivity index (χ3n) is 6.14. The van der Waals surface area contributed by atoms with Gasteiger partial charge in [0.25, 0.3) is 0 Å². The van der Waals surface area contributed by atoms with E-state index in [9.17, 15) is 14.4 Å². The second-order valence-electron chi connectivity index (χ2n) is 8.21. The Kier molecular flexibility index (Phi) is 6.44. The molecule has 2 aliphatic rings. The van der Waals surface area contributed by atoms with Crippen molar-refractivity contribution >= 4 is 17.8 Å². The number of carbonyl (C=O) groups is 3. The summed E-state index contributed by atoms with van der Waals surface area (Å²) in [5.41, 5.74) is 1.59. The summed E-state index contributed by atoms with van der Waals surface area (Å²) in [5, 5.41) is 0. The average Bonchev–Trinajstić information content (AvgIpc) is 2.82. The van der Waals surface area contributed by atoms with Gasteiger partial charge in [-0.25, -0.2) is 0 Å². The number of para-hydroxylation sites is 2. The molecule has 1 fully saturated rings. The minimum atomic E-state index is -0.525. The number of fused-ring (bicyclic) bond motifs is 2. The maximum atomic E-state index is 13.5. The van der Waals surface area contributed by atoms with Crippen molar-refractivity contribution in [3.63, 3.8) is 0 Å². The van der Waals surface area contributed by atoms with Gasteiger partial charge in [-0.15, -0.1) is 0 Å². The minimum absolute atomic E-state index is 0.00933. The van der Waals surface area contributed by atoms with Gasteiger partial charge in [0, 0.05) is 31.3 Å². The number of likely N-dealkylation sites (tertiary alicyclic amines) is 1. The molecule has 0 atom stereocenters. The topological polar surface area (TPSA) is 76.2 Å². The molecule has 0 N–H and O–H groups in total. The van der Waals surface area contributed by atoms with Crippen LogP contribution in [-0.4, -0.2) is 60.9 Å². The van der Waals surface area contributed by atoms with Gasteiger partial charge in [-0.05, 0) is 31.9 Å². The molecular formula is C25H28N2O5. The SMILES string of the molecule is CCOC(=O)C1CCN(C(=O)CN(C)C(=O)C2c3ccccc3Oc3ccccc32)CC1. The van der Waals surface area contributed by atoms with Gasteiger partial charge < -0.3 is 19.3 Å². The predicted octanol–water partition coefficient (Wildman–Crippen LogP) is 3.18. The van der Waals surface area contributed by atoms with Gasteiger partial charge in [-0.1, -0.05) is 36.4 Å². The Hall–Kier alpha value is -3.35. The second kappa shape index (κ2) is 9.42. The molecule has 0 bridgehead atoms. The zero-order chi connectivity index (χ0) is 22.7. The molecule has 168 valence electrons. The third kappa shape index (κ3) is 4.33. The Labute approximate surface area is 187 Å². The van der Waals surface area contributed by atoms with E-state index in [0.29, 0.717) is 44.0 Å². The van der Waals surface area contributed by atoms with Gasteiger partial charge in [-0.2, -0.15) is 0 Å². The number of piperidine rings is 1. The molecule has 0 spiro atoms. The normalized spacial score (nSPS) is 15.9. The lowest BCUT2D eigenvalue weighted by atomic mass is 9.87. The van der Waals surface area contributed by atoms with Crippen LogP contribution in [0.25, 0.3) is 0 Å². The number of rotatable bonds is 5. The summed E-state index contributed by atoms with van der Waals surface area (Å²) in [7, 11) is 1.66. The van der Waals surface area contributed by atoms with Crippen LogP contribution in [0.4, 0.5) is 0 Å². The van der Waals surface area contributed by atoms with E-state index in [-0.39, 0.29) is 30.2 Å². The number of nitrogens with zero attached hydrogens (tertiary/aromatic N) is 2. The maximum absolute atomic E-state index is 13.5. The Morgan fingerprint density at radius 2 is 1.56 bits per heavy atom. The minimum Gasteiger partial charge on any atom is -0.466 e. The largest absolute Gasteiger partial charge is 0.466 e. The predicted molar refractivity (Wildman–Crippen MR) is 118 cm³/mol. The quantitative estimate of drug-likeness (QED) is 0.673. The third-order valence-corrected chi connectivity index (χ3v) is 6.14. The Morgan fingerprint density at radius 1 is 1.00 bits per heavy atom. The number of amides is 2. The number of esters is 1. The van der Waals surface area contributed by atoms with E-state index < -0.39 is 5.92 Å². The number of hydrogen-bond donors (Lipinski definition) is 0. The van der Waals surface area contributed by atoms with Crippen molar-refractivity contribution in [2.24, 2.45) is 5.92 Å². The van der Waals surface area contributed by atoms with E-state index in [1.807, 2.05) is 48.5 Å². The first kappa shape index (κ1) is 21.9. The lowest BCUT2D eigenvalue weighted by molar-refractivity contribution is -0.151. The highest BCUT2D eigenvalue weighted by molar-refractivity contribution is 5.92. The van der Waals surface area contributed by atoms with Crippen LogP contribution in [0.5, 0.6) is 11.5 Å². The van der Waals surface area contributed by atoms with Gasteiger partial charge in [0.05, 0.1) is 25.0 Å². The van der Waals surface area contributed by atoms with Crippen LogP contribution in [0.1, 0.15) is 36.8 Å². The lowest BCUT2D eigenvalue weighted by Crippen LogP contribution is -2.46. The Balaban J connectivity index is 1.44. The van der Waals surface area contributed by atoms with Gasteiger partial charge in [0.15, 0.2) is 0 Å². The fraction of sp³-hybridized carbons (Fsp3) is 0.400. The lowest BCUT2D eigenvalue weighted by Gasteiger charge is -2.33. The van der Waals surface area contributed by atoms with Gasteiger partial charge in [-0.3, -0.25) is 14.4 Å². The molecule has 0 radical (unpaired) electrons.